The maximum atomic E-state index is 6.12. The average molecular weight is 379 g/mol. The van der Waals surface area contributed by atoms with Crippen LogP contribution in [-0.2, 0) is 0 Å². The third kappa shape index (κ3) is 3.27. The van der Waals surface area contributed by atoms with Gasteiger partial charge in [-0.25, -0.2) is 4.68 Å². The normalized spacial score (nSPS) is 10.9. The third-order valence-electron chi connectivity index (χ3n) is 4.58. The van der Waals surface area contributed by atoms with Crippen molar-refractivity contribution in [2.24, 2.45) is 0 Å². The molecule has 0 saturated carbocycles. The molecule has 140 valence electrons. The minimum Gasteiger partial charge on any atom is -0.457 e. The van der Waals surface area contributed by atoms with E-state index >= 15 is 0 Å². The van der Waals surface area contributed by atoms with Crippen LogP contribution in [0.1, 0.15) is 0 Å². The first-order valence-electron chi connectivity index (χ1n) is 9.17. The summed E-state index contributed by atoms with van der Waals surface area (Å²) < 4.78 is 7.68. The molecule has 0 radical (unpaired) electrons. The van der Waals surface area contributed by atoms with Crippen LogP contribution in [0.25, 0.3) is 28.0 Å². The first-order valence-corrected chi connectivity index (χ1v) is 9.17. The SMILES string of the molecule is Nc1nn(-c2ccc(Oc3ccccc3)cc2)c2cc(-c3ccccn3)ncc12. The molecular formula is C23H17N5O. The van der Waals surface area contributed by atoms with Gasteiger partial charge in [0, 0.05) is 12.4 Å². The van der Waals surface area contributed by atoms with Crippen LogP contribution >= 0.6 is 0 Å². The summed E-state index contributed by atoms with van der Waals surface area (Å²) in [6.45, 7) is 0. The van der Waals surface area contributed by atoms with Crippen LogP contribution in [0, 0.1) is 0 Å². The Labute approximate surface area is 167 Å². The van der Waals surface area contributed by atoms with Crippen LogP contribution in [0.5, 0.6) is 11.5 Å². The van der Waals surface area contributed by atoms with Gasteiger partial charge in [0.1, 0.15) is 11.5 Å². The monoisotopic (exact) mass is 379 g/mol. The highest BCUT2D eigenvalue weighted by atomic mass is 16.5. The number of nitrogens with zero attached hydrogens (tertiary/aromatic N) is 4. The topological polar surface area (TPSA) is 78.8 Å². The van der Waals surface area contributed by atoms with Gasteiger partial charge in [-0.2, -0.15) is 0 Å². The zero-order valence-corrected chi connectivity index (χ0v) is 15.4. The summed E-state index contributed by atoms with van der Waals surface area (Å²) in [6.07, 6.45) is 3.49. The van der Waals surface area contributed by atoms with Crippen molar-refractivity contribution in [2.45, 2.75) is 0 Å². The van der Waals surface area contributed by atoms with Gasteiger partial charge >= 0.3 is 0 Å². The summed E-state index contributed by atoms with van der Waals surface area (Å²) in [5.74, 6) is 1.98. The lowest BCUT2D eigenvalue weighted by molar-refractivity contribution is 0.482. The lowest BCUT2D eigenvalue weighted by atomic mass is 10.2. The van der Waals surface area contributed by atoms with E-state index in [4.69, 9.17) is 10.5 Å². The fraction of sp³-hybridized carbons (Fsp3) is 0. The maximum Gasteiger partial charge on any atom is 0.155 e. The zero-order chi connectivity index (χ0) is 19.6. The molecule has 0 aliphatic rings. The Kier molecular flexibility index (Phi) is 4.14. The van der Waals surface area contributed by atoms with Crippen molar-refractivity contribution >= 4 is 16.7 Å². The zero-order valence-electron chi connectivity index (χ0n) is 15.4. The molecule has 5 aromatic rings. The Morgan fingerprint density at radius 2 is 1.52 bits per heavy atom. The predicted octanol–water partition coefficient (Wildman–Crippen LogP) is 4.86. The van der Waals surface area contributed by atoms with Gasteiger partial charge in [0.2, 0.25) is 0 Å². The summed E-state index contributed by atoms with van der Waals surface area (Å²) >= 11 is 0. The number of nitrogen functional groups attached to an aromatic ring is 1. The molecule has 0 saturated heterocycles. The minimum atomic E-state index is 0.435. The van der Waals surface area contributed by atoms with E-state index in [2.05, 4.69) is 15.1 Å². The van der Waals surface area contributed by atoms with Gasteiger partial charge in [-0.1, -0.05) is 24.3 Å². The lowest BCUT2D eigenvalue weighted by Crippen LogP contribution is -1.97. The number of ether oxygens (including phenoxy) is 1. The van der Waals surface area contributed by atoms with E-state index in [9.17, 15) is 0 Å². The molecule has 5 rings (SSSR count). The summed E-state index contributed by atoms with van der Waals surface area (Å²) in [7, 11) is 0. The molecule has 0 aliphatic heterocycles. The molecule has 3 aromatic heterocycles. The molecule has 3 heterocycles. The Hall–Kier alpha value is -4.19. The van der Waals surface area contributed by atoms with Gasteiger partial charge in [-0.05, 0) is 54.6 Å². The van der Waals surface area contributed by atoms with E-state index in [-0.39, 0.29) is 0 Å². The van der Waals surface area contributed by atoms with Gasteiger partial charge in [0.05, 0.1) is 28.0 Å². The van der Waals surface area contributed by atoms with Crippen molar-refractivity contribution in [3.8, 4) is 28.6 Å². The molecule has 0 aliphatic carbocycles. The second kappa shape index (κ2) is 7.09. The van der Waals surface area contributed by atoms with Crippen LogP contribution < -0.4 is 10.5 Å². The molecule has 2 N–H and O–H groups in total. The first-order chi connectivity index (χ1) is 14.3. The van der Waals surface area contributed by atoms with Gasteiger partial charge in [0.25, 0.3) is 0 Å². The Morgan fingerprint density at radius 3 is 2.28 bits per heavy atom. The standard InChI is InChI=1S/C23H17N5O/c24-23-19-15-26-21(20-8-4-5-13-25-20)14-22(19)28(27-23)16-9-11-18(12-10-16)29-17-6-2-1-3-7-17/h1-15H,(H2,24,27). The summed E-state index contributed by atoms with van der Waals surface area (Å²) in [5.41, 5.74) is 9.44. The number of rotatable bonds is 4. The van der Waals surface area contributed by atoms with Crippen LogP contribution in [0.2, 0.25) is 0 Å². The largest absolute Gasteiger partial charge is 0.457 e. The van der Waals surface area contributed by atoms with Crippen LogP contribution in [0.4, 0.5) is 5.82 Å². The molecular weight excluding hydrogens is 362 g/mol. The highest BCUT2D eigenvalue weighted by Crippen LogP contribution is 2.28. The molecule has 29 heavy (non-hydrogen) atoms. The van der Waals surface area contributed by atoms with E-state index in [1.807, 2.05) is 83.5 Å². The molecule has 6 nitrogen and oxygen atoms in total. The van der Waals surface area contributed by atoms with Gasteiger partial charge < -0.3 is 10.5 Å². The molecule has 2 aromatic carbocycles. The molecule has 0 bridgehead atoms. The number of aromatic nitrogens is 4. The van der Waals surface area contributed by atoms with Crippen molar-refractivity contribution in [3.05, 3.63) is 91.3 Å². The van der Waals surface area contributed by atoms with Crippen molar-refractivity contribution in [1.29, 1.82) is 0 Å². The fourth-order valence-electron chi connectivity index (χ4n) is 3.16. The van der Waals surface area contributed by atoms with Crippen LogP contribution in [0.15, 0.2) is 91.3 Å². The van der Waals surface area contributed by atoms with Crippen molar-refractivity contribution < 1.29 is 4.74 Å². The third-order valence-corrected chi connectivity index (χ3v) is 4.58. The first kappa shape index (κ1) is 16.9. The van der Waals surface area contributed by atoms with Crippen LogP contribution in [-0.4, -0.2) is 19.7 Å². The van der Waals surface area contributed by atoms with Gasteiger partial charge in [-0.15, -0.1) is 5.10 Å². The summed E-state index contributed by atoms with van der Waals surface area (Å²) in [5, 5.41) is 5.30. The number of benzene rings is 2. The summed E-state index contributed by atoms with van der Waals surface area (Å²) in [4.78, 5) is 8.87. The van der Waals surface area contributed by atoms with Crippen LogP contribution in [0.3, 0.4) is 0 Å². The molecule has 0 unspecified atom stereocenters. The highest BCUT2D eigenvalue weighted by molar-refractivity contribution is 5.91. The maximum absolute atomic E-state index is 6.12. The summed E-state index contributed by atoms with van der Waals surface area (Å²) in [6, 6.07) is 25.1. The van der Waals surface area contributed by atoms with Crippen molar-refractivity contribution in [2.75, 3.05) is 5.73 Å². The fourth-order valence-corrected chi connectivity index (χ4v) is 3.16. The molecule has 0 amide bonds. The molecule has 0 fully saturated rings. The minimum absolute atomic E-state index is 0.435. The molecule has 6 heteroatoms. The van der Waals surface area contributed by atoms with E-state index in [0.717, 1.165) is 39.5 Å². The molecule has 0 spiro atoms. The Bertz CT molecular complexity index is 1270. The number of fused-ring (bicyclic) bond motifs is 1. The second-order valence-corrected chi connectivity index (χ2v) is 6.51. The second-order valence-electron chi connectivity index (χ2n) is 6.51. The number of anilines is 1. The van der Waals surface area contributed by atoms with E-state index < -0.39 is 0 Å². The lowest BCUT2D eigenvalue weighted by Gasteiger charge is -2.08. The average Bonchev–Trinajstić information content (AvgIpc) is 3.11. The quantitative estimate of drug-likeness (QED) is 0.482. The Morgan fingerprint density at radius 1 is 0.759 bits per heavy atom. The smallest absolute Gasteiger partial charge is 0.155 e. The number of nitrogens with two attached hydrogens (primary N) is 1. The van der Waals surface area contributed by atoms with Crippen molar-refractivity contribution in [3.63, 3.8) is 0 Å². The van der Waals surface area contributed by atoms with E-state index in [0.29, 0.717) is 5.82 Å². The number of para-hydroxylation sites is 1. The highest BCUT2D eigenvalue weighted by Gasteiger charge is 2.12. The number of hydrogen-bond acceptors (Lipinski definition) is 5. The van der Waals surface area contributed by atoms with Gasteiger partial charge in [0.15, 0.2) is 5.82 Å². The van der Waals surface area contributed by atoms with E-state index in [1.54, 1.807) is 12.4 Å². The van der Waals surface area contributed by atoms with Crippen molar-refractivity contribution in [1.82, 2.24) is 19.7 Å². The predicted molar refractivity (Wildman–Crippen MR) is 113 cm³/mol. The number of pyridine rings is 2. The van der Waals surface area contributed by atoms with Gasteiger partial charge in [-0.3, -0.25) is 9.97 Å². The Balaban J connectivity index is 1.52. The number of hydrogen-bond donors (Lipinski definition) is 1. The van der Waals surface area contributed by atoms with E-state index in [1.165, 1.54) is 0 Å². The molecule has 0 atom stereocenters.